The molecule has 0 aromatic heterocycles. The lowest BCUT2D eigenvalue weighted by molar-refractivity contribution is -0.136. The zero-order chi connectivity index (χ0) is 23.2. The van der Waals surface area contributed by atoms with Crippen molar-refractivity contribution in [2.45, 2.75) is 76.6 Å². The lowest BCUT2D eigenvalue weighted by atomic mass is 9.86. The molecule has 6 heteroatoms. The normalized spacial score (nSPS) is 12.7. The van der Waals surface area contributed by atoms with Crippen molar-refractivity contribution in [3.05, 3.63) is 59.7 Å². The molecule has 0 nitrogen and oxygen atoms in total. The predicted octanol–water partition coefficient (Wildman–Crippen LogP) is 9.32. The fraction of sp³-hybridized carbons (Fsp3) is 0.462. The number of alkyl halides is 6. The van der Waals surface area contributed by atoms with Gasteiger partial charge < -0.3 is 0 Å². The first-order valence-electron chi connectivity index (χ1n) is 11.2. The van der Waals surface area contributed by atoms with Crippen LogP contribution in [0.5, 0.6) is 0 Å². The second kappa shape index (κ2) is 10.6. The van der Waals surface area contributed by atoms with E-state index < -0.39 is 25.2 Å². The van der Waals surface area contributed by atoms with Gasteiger partial charge in [-0.2, -0.15) is 26.3 Å². The van der Waals surface area contributed by atoms with Crippen LogP contribution >= 0.6 is 0 Å². The molecule has 0 saturated heterocycles. The second-order valence-electron chi connectivity index (χ2n) is 8.40. The number of aryl methyl sites for hydroxylation is 2. The molecular weight excluding hydrogens is 426 g/mol. The molecule has 0 spiro atoms. The van der Waals surface area contributed by atoms with Crippen molar-refractivity contribution in [2.75, 3.05) is 0 Å². The van der Waals surface area contributed by atoms with Crippen LogP contribution in [0.15, 0.2) is 48.5 Å². The molecule has 0 saturated carbocycles. The molecular formula is C26H28F6. The highest BCUT2D eigenvalue weighted by Gasteiger charge is 2.26. The van der Waals surface area contributed by atoms with Crippen LogP contribution in [0.3, 0.4) is 0 Å². The molecule has 0 aliphatic heterocycles. The molecule has 0 heterocycles. The zero-order valence-electron chi connectivity index (χ0n) is 18.0. The van der Waals surface area contributed by atoms with Crippen molar-refractivity contribution in [1.82, 2.24) is 0 Å². The number of hydrogen-bond acceptors (Lipinski definition) is 0. The Kier molecular flexibility index (Phi) is 8.07. The number of unbranched alkanes of at least 4 members (excludes halogenated alkanes) is 4. The van der Waals surface area contributed by atoms with Crippen molar-refractivity contribution in [3.63, 3.8) is 0 Å². The Labute approximate surface area is 184 Å². The van der Waals surface area contributed by atoms with Gasteiger partial charge in [-0.1, -0.05) is 61.4 Å². The van der Waals surface area contributed by atoms with Gasteiger partial charge in [0.05, 0.1) is 0 Å². The molecule has 3 rings (SSSR count). The lowest BCUT2D eigenvalue weighted by Gasteiger charge is -2.18. The van der Waals surface area contributed by atoms with Crippen LogP contribution in [0.1, 0.15) is 62.5 Å². The average molecular weight is 454 g/mol. The maximum absolute atomic E-state index is 12.5. The van der Waals surface area contributed by atoms with Gasteiger partial charge in [-0.05, 0) is 71.2 Å². The van der Waals surface area contributed by atoms with Crippen LogP contribution in [0.25, 0.3) is 21.5 Å². The minimum Gasteiger partial charge on any atom is -0.171 e. The summed E-state index contributed by atoms with van der Waals surface area (Å²) in [5, 5.41) is 4.39. The highest BCUT2D eigenvalue weighted by Crippen LogP contribution is 2.35. The molecule has 0 unspecified atom stereocenters. The van der Waals surface area contributed by atoms with E-state index in [2.05, 4.69) is 12.1 Å². The summed E-state index contributed by atoms with van der Waals surface area (Å²) in [6, 6.07) is 16.0. The van der Waals surface area contributed by atoms with Gasteiger partial charge in [0.1, 0.15) is 0 Å². The highest BCUT2D eigenvalue weighted by atomic mass is 19.4. The van der Waals surface area contributed by atoms with E-state index in [-0.39, 0.29) is 12.8 Å². The number of benzene rings is 3. The molecule has 0 aliphatic rings. The first kappa shape index (κ1) is 24.4. The Morgan fingerprint density at radius 2 is 0.781 bits per heavy atom. The summed E-state index contributed by atoms with van der Waals surface area (Å²) in [6.07, 6.45) is -5.94. The van der Waals surface area contributed by atoms with Gasteiger partial charge in [-0.15, -0.1) is 0 Å². The Morgan fingerprint density at radius 3 is 1.12 bits per heavy atom. The quantitative estimate of drug-likeness (QED) is 0.163. The lowest BCUT2D eigenvalue weighted by Crippen LogP contribution is -2.07. The minimum absolute atomic E-state index is 0.113. The van der Waals surface area contributed by atoms with Crippen LogP contribution in [0.4, 0.5) is 26.3 Å². The van der Waals surface area contributed by atoms with Gasteiger partial charge in [-0.25, -0.2) is 0 Å². The maximum Gasteiger partial charge on any atom is 0.389 e. The van der Waals surface area contributed by atoms with Crippen LogP contribution in [0.2, 0.25) is 0 Å². The molecule has 0 fully saturated rings. The molecule has 3 aromatic rings. The molecule has 0 amide bonds. The van der Waals surface area contributed by atoms with Crippen LogP contribution in [-0.4, -0.2) is 12.4 Å². The van der Waals surface area contributed by atoms with Crippen molar-refractivity contribution in [1.29, 1.82) is 0 Å². The van der Waals surface area contributed by atoms with Gasteiger partial charge >= 0.3 is 12.4 Å². The molecule has 32 heavy (non-hydrogen) atoms. The van der Waals surface area contributed by atoms with Crippen molar-refractivity contribution in [2.24, 2.45) is 0 Å². The van der Waals surface area contributed by atoms with E-state index in [0.29, 0.717) is 38.5 Å². The summed E-state index contributed by atoms with van der Waals surface area (Å²) >= 11 is 0. The number of fused-ring (bicyclic) bond motifs is 3. The largest absolute Gasteiger partial charge is 0.389 e. The molecule has 0 aliphatic carbocycles. The van der Waals surface area contributed by atoms with Gasteiger partial charge in [-0.3, -0.25) is 0 Å². The third-order valence-electron chi connectivity index (χ3n) is 5.93. The molecule has 174 valence electrons. The average Bonchev–Trinajstić information content (AvgIpc) is 2.72. The monoisotopic (exact) mass is 454 g/mol. The standard InChI is InChI=1S/C26H28F6/c27-25(28,29)17-9-1-3-11-19-20(12-4-2-10-18-26(30,31)32)22-14-6-8-16-24(22)23-15-7-5-13-21(19)23/h5-8,13-16H,1-4,9-12,17-18H2. The summed E-state index contributed by atoms with van der Waals surface area (Å²) < 4.78 is 74.7. The third-order valence-corrected chi connectivity index (χ3v) is 5.93. The zero-order valence-corrected chi connectivity index (χ0v) is 18.0. The van der Waals surface area contributed by atoms with Crippen molar-refractivity contribution >= 4 is 21.5 Å². The summed E-state index contributed by atoms with van der Waals surface area (Å²) in [6.45, 7) is 0. The maximum atomic E-state index is 12.5. The summed E-state index contributed by atoms with van der Waals surface area (Å²) in [5.74, 6) is 0. The van der Waals surface area contributed by atoms with E-state index in [9.17, 15) is 26.3 Å². The molecule has 0 atom stereocenters. The second-order valence-corrected chi connectivity index (χ2v) is 8.40. The molecule has 3 aromatic carbocycles. The Bertz CT molecular complexity index is 934. The summed E-state index contributed by atoms with van der Waals surface area (Å²) in [5.41, 5.74) is 2.25. The number of hydrogen-bond donors (Lipinski definition) is 0. The molecule has 0 N–H and O–H groups in total. The minimum atomic E-state index is -4.13. The molecule has 0 radical (unpaired) electrons. The van der Waals surface area contributed by atoms with E-state index in [1.165, 1.54) is 0 Å². The Balaban J connectivity index is 1.84. The smallest absolute Gasteiger partial charge is 0.171 e. The van der Waals surface area contributed by atoms with E-state index in [1.54, 1.807) is 0 Å². The van der Waals surface area contributed by atoms with Crippen LogP contribution in [0, 0.1) is 0 Å². The first-order valence-corrected chi connectivity index (χ1v) is 11.2. The Hall–Kier alpha value is -2.24. The van der Waals surface area contributed by atoms with Crippen molar-refractivity contribution < 1.29 is 26.3 Å². The highest BCUT2D eigenvalue weighted by molar-refractivity contribution is 6.10. The van der Waals surface area contributed by atoms with Gasteiger partial charge in [0, 0.05) is 12.8 Å². The topological polar surface area (TPSA) is 0 Å². The van der Waals surface area contributed by atoms with Crippen LogP contribution in [-0.2, 0) is 12.8 Å². The predicted molar refractivity (Wildman–Crippen MR) is 118 cm³/mol. The Morgan fingerprint density at radius 1 is 0.438 bits per heavy atom. The van der Waals surface area contributed by atoms with E-state index >= 15 is 0 Å². The fourth-order valence-corrected chi connectivity index (χ4v) is 4.47. The van der Waals surface area contributed by atoms with Crippen LogP contribution < -0.4 is 0 Å². The first-order chi connectivity index (χ1) is 15.2. The van der Waals surface area contributed by atoms with Gasteiger partial charge in [0.2, 0.25) is 0 Å². The van der Waals surface area contributed by atoms with E-state index in [1.807, 2.05) is 36.4 Å². The molecule has 0 bridgehead atoms. The number of halogens is 6. The third kappa shape index (κ3) is 6.88. The fourth-order valence-electron chi connectivity index (χ4n) is 4.47. The summed E-state index contributed by atoms with van der Waals surface area (Å²) in [7, 11) is 0. The van der Waals surface area contributed by atoms with E-state index in [0.717, 1.165) is 32.7 Å². The summed E-state index contributed by atoms with van der Waals surface area (Å²) in [4.78, 5) is 0. The van der Waals surface area contributed by atoms with E-state index in [4.69, 9.17) is 0 Å². The van der Waals surface area contributed by atoms with Crippen molar-refractivity contribution in [3.8, 4) is 0 Å². The van der Waals surface area contributed by atoms with Gasteiger partial charge in [0.25, 0.3) is 0 Å². The van der Waals surface area contributed by atoms with Gasteiger partial charge in [0.15, 0.2) is 0 Å². The number of rotatable bonds is 10. The SMILES string of the molecule is FC(F)(F)CCCCCc1c(CCCCCC(F)(F)F)c2ccccc2c2ccccc12.